The minimum absolute atomic E-state index is 0.0592. The van der Waals surface area contributed by atoms with E-state index in [4.69, 9.17) is 0 Å². The highest BCUT2D eigenvalue weighted by Crippen LogP contribution is 2.59. The van der Waals surface area contributed by atoms with Crippen molar-refractivity contribution in [3.05, 3.63) is 64.2 Å². The number of ketones is 1. The maximum Gasteiger partial charge on any atom is 0.293 e. The summed E-state index contributed by atoms with van der Waals surface area (Å²) in [7, 11) is 0. The molecular formula is C24H22F2N6O3. The predicted molar refractivity (Wildman–Crippen MR) is 119 cm³/mol. The molecule has 3 heterocycles. The normalized spacial score (nSPS) is 22.8. The van der Waals surface area contributed by atoms with Crippen molar-refractivity contribution in [1.82, 2.24) is 25.3 Å². The molecule has 0 spiro atoms. The molecule has 1 aromatic carbocycles. The van der Waals surface area contributed by atoms with Crippen LogP contribution >= 0.6 is 0 Å². The van der Waals surface area contributed by atoms with Gasteiger partial charge in [0, 0.05) is 29.7 Å². The molecule has 2 saturated carbocycles. The number of halogens is 2. The molecule has 2 fully saturated rings. The third kappa shape index (κ3) is 3.21. The van der Waals surface area contributed by atoms with Crippen LogP contribution in [0.15, 0.2) is 24.4 Å². The average molecular weight is 480 g/mol. The number of carbonyl (C=O) groups is 3. The molecule has 35 heavy (non-hydrogen) atoms. The fraction of sp³-hybridized carbons (Fsp3) is 0.375. The van der Waals surface area contributed by atoms with Gasteiger partial charge in [-0.05, 0) is 55.7 Å². The smallest absolute Gasteiger partial charge is 0.293 e. The Morgan fingerprint density at radius 2 is 1.97 bits per heavy atom. The summed E-state index contributed by atoms with van der Waals surface area (Å²) >= 11 is 0. The highest BCUT2D eigenvalue weighted by molar-refractivity contribution is 6.44. The van der Waals surface area contributed by atoms with Crippen LogP contribution in [0.3, 0.4) is 0 Å². The molecule has 2 amide bonds. The molecule has 3 aliphatic rings. The minimum atomic E-state index is -1.08. The first kappa shape index (κ1) is 21.6. The van der Waals surface area contributed by atoms with Crippen molar-refractivity contribution in [1.29, 1.82) is 0 Å². The van der Waals surface area contributed by atoms with E-state index in [0.29, 0.717) is 48.0 Å². The van der Waals surface area contributed by atoms with Gasteiger partial charge >= 0.3 is 0 Å². The van der Waals surface area contributed by atoms with Gasteiger partial charge in [0.1, 0.15) is 11.4 Å². The van der Waals surface area contributed by atoms with Gasteiger partial charge in [0.05, 0.1) is 11.1 Å². The molecule has 3 aromatic rings. The number of fused-ring (bicyclic) bond motifs is 3. The van der Waals surface area contributed by atoms with Crippen LogP contribution in [0.4, 0.5) is 14.5 Å². The van der Waals surface area contributed by atoms with Gasteiger partial charge in [0.15, 0.2) is 11.6 Å². The van der Waals surface area contributed by atoms with Crippen LogP contribution in [0.1, 0.15) is 63.6 Å². The maximum atomic E-state index is 13.7. The number of carbonyl (C=O) groups excluding carboxylic acids is 3. The van der Waals surface area contributed by atoms with Crippen molar-refractivity contribution in [3.63, 3.8) is 0 Å². The summed E-state index contributed by atoms with van der Waals surface area (Å²) in [4.78, 5) is 39.7. The van der Waals surface area contributed by atoms with Crippen molar-refractivity contribution in [3.8, 4) is 0 Å². The van der Waals surface area contributed by atoms with Gasteiger partial charge in [-0.3, -0.25) is 19.5 Å². The number of H-pyrrole nitrogens is 1. The highest BCUT2D eigenvalue weighted by atomic mass is 19.2. The van der Waals surface area contributed by atoms with Gasteiger partial charge in [-0.15, -0.1) is 5.10 Å². The summed E-state index contributed by atoms with van der Waals surface area (Å²) in [5.41, 5.74) is 1.50. The summed E-state index contributed by atoms with van der Waals surface area (Å²) in [6.45, 7) is 3.71. The zero-order valence-corrected chi connectivity index (χ0v) is 19.0. The van der Waals surface area contributed by atoms with Crippen LogP contribution in [0.2, 0.25) is 0 Å². The van der Waals surface area contributed by atoms with E-state index >= 15 is 0 Å². The van der Waals surface area contributed by atoms with Crippen LogP contribution in [-0.4, -0.2) is 37.6 Å². The number of hydrogen-bond donors (Lipinski definition) is 3. The molecule has 3 N–H and O–H groups in total. The number of nitrogens with zero attached hydrogens (tertiary/aromatic N) is 3. The number of hydrogen-bond acceptors (Lipinski definition) is 5. The van der Waals surface area contributed by atoms with Crippen molar-refractivity contribution >= 4 is 23.3 Å². The number of benzene rings is 1. The Balaban J connectivity index is 1.33. The second-order valence-electron chi connectivity index (χ2n) is 9.69. The summed E-state index contributed by atoms with van der Waals surface area (Å²) in [5, 5.41) is 15.7. The second-order valence-corrected chi connectivity index (χ2v) is 9.69. The Labute approximate surface area is 198 Å². The van der Waals surface area contributed by atoms with Crippen molar-refractivity contribution in [2.45, 2.75) is 44.7 Å². The van der Waals surface area contributed by atoms with Crippen LogP contribution in [0.25, 0.3) is 0 Å². The standard InChI is InChI=1S/C24H22F2N6O3/c1-10-13-8-16-18(21(33)23(35)29-24(5-6-24)17-9-27-31-30-17)11(2)20(32(16)19(10)13)22(34)28-12-3-4-14(25)15(26)7-12/h3-4,7,9-10,13,19H,5-6,8H2,1-2H3,(H,28,34)(H,29,35)(H,27,30,31)/t10?,13?,19-/m1/s1. The van der Waals surface area contributed by atoms with Gasteiger partial charge in [-0.2, -0.15) is 0 Å². The zero-order chi connectivity index (χ0) is 24.6. The van der Waals surface area contributed by atoms with E-state index in [-0.39, 0.29) is 23.0 Å². The third-order valence-corrected chi connectivity index (χ3v) is 7.63. The van der Waals surface area contributed by atoms with E-state index in [2.05, 4.69) is 33.0 Å². The quantitative estimate of drug-likeness (QED) is 0.370. The lowest BCUT2D eigenvalue weighted by Crippen LogP contribution is -2.40. The number of aromatic nitrogens is 4. The van der Waals surface area contributed by atoms with Crippen LogP contribution in [-0.2, 0) is 16.8 Å². The molecular weight excluding hydrogens is 458 g/mol. The van der Waals surface area contributed by atoms with Gasteiger partial charge in [0.2, 0.25) is 0 Å². The Morgan fingerprint density at radius 3 is 2.63 bits per heavy atom. The Hall–Kier alpha value is -3.89. The molecule has 180 valence electrons. The zero-order valence-electron chi connectivity index (χ0n) is 19.0. The molecule has 2 aliphatic carbocycles. The summed E-state index contributed by atoms with van der Waals surface area (Å²) in [6, 6.07) is 3.16. The van der Waals surface area contributed by atoms with E-state index < -0.39 is 34.8 Å². The monoisotopic (exact) mass is 480 g/mol. The molecule has 6 rings (SSSR count). The summed E-state index contributed by atoms with van der Waals surface area (Å²) < 4.78 is 28.8. The van der Waals surface area contributed by atoms with E-state index in [1.165, 1.54) is 6.07 Å². The van der Waals surface area contributed by atoms with Gasteiger partial charge in [-0.1, -0.05) is 12.1 Å². The molecule has 3 atom stereocenters. The van der Waals surface area contributed by atoms with Crippen LogP contribution in [0, 0.1) is 30.4 Å². The largest absolute Gasteiger partial charge is 0.338 e. The molecule has 2 aromatic heterocycles. The third-order valence-electron chi connectivity index (χ3n) is 7.63. The molecule has 2 unspecified atom stereocenters. The Bertz CT molecular complexity index is 1410. The van der Waals surface area contributed by atoms with E-state index in [9.17, 15) is 23.2 Å². The lowest BCUT2D eigenvalue weighted by Gasteiger charge is -2.14. The fourth-order valence-corrected chi connectivity index (χ4v) is 5.52. The lowest BCUT2D eigenvalue weighted by atomic mass is 10.0. The van der Waals surface area contributed by atoms with Crippen molar-refractivity contribution in [2.75, 3.05) is 5.32 Å². The predicted octanol–water partition coefficient (Wildman–Crippen LogP) is 2.80. The Kier molecular flexibility index (Phi) is 4.51. The molecule has 11 heteroatoms. The van der Waals surface area contributed by atoms with E-state index in [1.54, 1.807) is 13.1 Å². The first-order chi connectivity index (χ1) is 16.7. The van der Waals surface area contributed by atoms with E-state index in [0.717, 1.165) is 12.1 Å². The summed E-state index contributed by atoms with van der Waals surface area (Å²) in [6.07, 6.45) is 3.48. The number of anilines is 1. The average Bonchev–Trinajstić information content (AvgIpc) is 3.46. The SMILES string of the molecule is Cc1c(C(=O)C(=O)NC2(c3c[nH]nn3)CC2)c2n(c1C(=O)Nc1ccc(F)c(F)c1)[C@@H]1C(C)C1C2. The molecule has 0 saturated heterocycles. The first-order valence-corrected chi connectivity index (χ1v) is 11.5. The number of aromatic amines is 1. The maximum absolute atomic E-state index is 13.7. The van der Waals surface area contributed by atoms with E-state index in [1.807, 2.05) is 4.57 Å². The van der Waals surface area contributed by atoms with Crippen LogP contribution in [0.5, 0.6) is 0 Å². The van der Waals surface area contributed by atoms with Gasteiger partial charge < -0.3 is 15.2 Å². The number of Topliss-reactive ketones (excluding diaryl/α,β-unsaturated/α-hetero) is 1. The molecule has 0 bridgehead atoms. The highest BCUT2D eigenvalue weighted by Gasteiger charge is 2.56. The molecule has 9 nitrogen and oxygen atoms in total. The van der Waals surface area contributed by atoms with Crippen LogP contribution < -0.4 is 10.6 Å². The number of nitrogens with one attached hydrogen (secondary N) is 3. The van der Waals surface area contributed by atoms with Crippen molar-refractivity contribution in [2.24, 2.45) is 11.8 Å². The number of amides is 2. The Morgan fingerprint density at radius 1 is 1.20 bits per heavy atom. The second kappa shape index (κ2) is 7.30. The molecule has 0 radical (unpaired) electrons. The fourth-order valence-electron chi connectivity index (χ4n) is 5.52. The molecule has 1 aliphatic heterocycles. The van der Waals surface area contributed by atoms with Gasteiger partial charge in [-0.25, -0.2) is 8.78 Å². The minimum Gasteiger partial charge on any atom is -0.338 e. The first-order valence-electron chi connectivity index (χ1n) is 11.5. The summed E-state index contributed by atoms with van der Waals surface area (Å²) in [5.74, 6) is -3.48. The topological polar surface area (TPSA) is 122 Å². The number of rotatable bonds is 6. The van der Waals surface area contributed by atoms with Gasteiger partial charge in [0.25, 0.3) is 17.6 Å². The van der Waals surface area contributed by atoms with Crippen molar-refractivity contribution < 1.29 is 23.2 Å². The lowest BCUT2D eigenvalue weighted by molar-refractivity contribution is -0.118.